The first-order valence-corrected chi connectivity index (χ1v) is 7.99. The Hall–Kier alpha value is -2.73. The van der Waals surface area contributed by atoms with Crippen molar-refractivity contribution < 1.29 is 14.4 Å². The van der Waals surface area contributed by atoms with Crippen LogP contribution in [0.3, 0.4) is 0 Å². The number of aryl methyl sites for hydroxylation is 1. The van der Waals surface area contributed by atoms with Crippen LogP contribution in [0.2, 0.25) is 0 Å². The average Bonchev–Trinajstić information content (AvgIpc) is 2.53. The van der Waals surface area contributed by atoms with Gasteiger partial charge in [0.2, 0.25) is 0 Å². The largest absolute Gasteiger partial charge is 0.335 e. The van der Waals surface area contributed by atoms with Gasteiger partial charge in [-0.25, -0.2) is 9.69 Å². The van der Waals surface area contributed by atoms with Crippen molar-refractivity contribution in [2.75, 3.05) is 4.90 Å². The minimum absolute atomic E-state index is 0.0848. The lowest BCUT2D eigenvalue weighted by Gasteiger charge is -2.26. The van der Waals surface area contributed by atoms with Gasteiger partial charge in [0.1, 0.15) is 5.57 Å². The molecule has 0 aromatic heterocycles. The molecule has 6 heteroatoms. The molecule has 0 spiro atoms. The Kier molecular flexibility index (Phi) is 4.31. The number of barbiturate groups is 1. The molecule has 1 aliphatic heterocycles. The highest BCUT2D eigenvalue weighted by Gasteiger charge is 2.36. The van der Waals surface area contributed by atoms with Gasteiger partial charge in [-0.3, -0.25) is 14.9 Å². The molecule has 0 bridgehead atoms. The number of amides is 4. The summed E-state index contributed by atoms with van der Waals surface area (Å²) in [5.41, 5.74) is 2.08. The number of nitrogens with one attached hydrogen (secondary N) is 1. The fourth-order valence-corrected chi connectivity index (χ4v) is 2.72. The predicted molar refractivity (Wildman–Crippen MR) is 94.3 cm³/mol. The quantitative estimate of drug-likeness (QED) is 0.637. The summed E-state index contributed by atoms with van der Waals surface area (Å²) in [6.45, 7) is 1.95. The summed E-state index contributed by atoms with van der Waals surface area (Å²) in [6.07, 6.45) is 1.48. The molecule has 120 valence electrons. The maximum absolute atomic E-state index is 12.7. The van der Waals surface area contributed by atoms with Gasteiger partial charge in [-0.15, -0.1) is 0 Å². The molecular formula is C18H13BrN2O3. The fraction of sp³-hybridized carbons (Fsp3) is 0.0556. The first-order valence-electron chi connectivity index (χ1n) is 7.19. The standard InChI is InChI=1S/C18H13BrN2O3/c1-11-5-7-12(8-6-11)9-15-16(22)20-18(24)21(17(15)23)14-4-2-3-13(19)10-14/h2-10H,1H3,(H,20,22,24)/b15-9+. The number of hydrogen-bond donors (Lipinski definition) is 1. The molecule has 3 rings (SSSR count). The van der Waals surface area contributed by atoms with E-state index in [2.05, 4.69) is 21.2 Å². The molecule has 0 atom stereocenters. The van der Waals surface area contributed by atoms with E-state index in [-0.39, 0.29) is 5.57 Å². The Balaban J connectivity index is 2.01. The van der Waals surface area contributed by atoms with Crippen molar-refractivity contribution in [3.8, 4) is 0 Å². The van der Waals surface area contributed by atoms with Crippen LogP contribution in [-0.4, -0.2) is 17.8 Å². The van der Waals surface area contributed by atoms with E-state index < -0.39 is 17.8 Å². The van der Waals surface area contributed by atoms with Gasteiger partial charge in [0.15, 0.2) is 0 Å². The van der Waals surface area contributed by atoms with Crippen LogP contribution >= 0.6 is 15.9 Å². The minimum atomic E-state index is -0.760. The molecule has 2 aromatic carbocycles. The Labute approximate surface area is 147 Å². The number of urea groups is 1. The third-order valence-corrected chi connectivity index (χ3v) is 4.05. The highest BCUT2D eigenvalue weighted by atomic mass is 79.9. The Morgan fingerprint density at radius 3 is 2.42 bits per heavy atom. The second-order valence-electron chi connectivity index (χ2n) is 5.35. The lowest BCUT2D eigenvalue weighted by molar-refractivity contribution is -0.122. The van der Waals surface area contributed by atoms with Crippen molar-refractivity contribution >= 4 is 45.5 Å². The summed E-state index contributed by atoms with van der Waals surface area (Å²) in [5.74, 6) is -1.35. The van der Waals surface area contributed by atoms with Crippen LogP contribution < -0.4 is 10.2 Å². The van der Waals surface area contributed by atoms with Crippen molar-refractivity contribution in [1.29, 1.82) is 0 Å². The van der Waals surface area contributed by atoms with Gasteiger partial charge < -0.3 is 0 Å². The summed E-state index contributed by atoms with van der Waals surface area (Å²) in [4.78, 5) is 37.8. The normalized spacial score (nSPS) is 16.5. The highest BCUT2D eigenvalue weighted by Crippen LogP contribution is 2.24. The monoisotopic (exact) mass is 384 g/mol. The number of halogens is 1. The first-order chi connectivity index (χ1) is 11.5. The van der Waals surface area contributed by atoms with E-state index in [1.54, 1.807) is 24.3 Å². The smallest absolute Gasteiger partial charge is 0.273 e. The molecule has 0 aliphatic carbocycles. The number of benzene rings is 2. The fourth-order valence-electron chi connectivity index (χ4n) is 2.34. The van der Waals surface area contributed by atoms with Crippen molar-refractivity contribution in [3.63, 3.8) is 0 Å². The maximum Gasteiger partial charge on any atom is 0.335 e. The van der Waals surface area contributed by atoms with Crippen LogP contribution in [0.15, 0.2) is 58.6 Å². The van der Waals surface area contributed by atoms with Gasteiger partial charge >= 0.3 is 6.03 Å². The third-order valence-electron chi connectivity index (χ3n) is 3.56. The number of nitrogens with zero attached hydrogens (tertiary/aromatic N) is 1. The van der Waals surface area contributed by atoms with E-state index in [0.29, 0.717) is 11.3 Å². The van der Waals surface area contributed by atoms with Gasteiger partial charge in [0, 0.05) is 4.47 Å². The van der Waals surface area contributed by atoms with Crippen LogP contribution in [0.4, 0.5) is 10.5 Å². The van der Waals surface area contributed by atoms with E-state index in [4.69, 9.17) is 0 Å². The van der Waals surface area contributed by atoms with Gasteiger partial charge in [0.25, 0.3) is 11.8 Å². The van der Waals surface area contributed by atoms with Gasteiger partial charge in [-0.2, -0.15) is 0 Å². The maximum atomic E-state index is 12.7. The van der Waals surface area contributed by atoms with Crippen LogP contribution in [0, 0.1) is 6.92 Å². The van der Waals surface area contributed by atoms with E-state index in [1.165, 1.54) is 6.08 Å². The molecule has 0 unspecified atom stereocenters. The number of anilines is 1. The van der Waals surface area contributed by atoms with Crippen LogP contribution in [0.25, 0.3) is 6.08 Å². The van der Waals surface area contributed by atoms with E-state index in [1.807, 2.05) is 31.2 Å². The lowest BCUT2D eigenvalue weighted by Crippen LogP contribution is -2.54. The molecule has 4 amide bonds. The average molecular weight is 385 g/mol. The van der Waals surface area contributed by atoms with Gasteiger partial charge in [-0.1, -0.05) is 51.8 Å². The molecular weight excluding hydrogens is 372 g/mol. The molecule has 1 heterocycles. The Morgan fingerprint density at radius 2 is 1.75 bits per heavy atom. The molecule has 0 saturated carbocycles. The Morgan fingerprint density at radius 1 is 1.04 bits per heavy atom. The number of carbonyl (C=O) groups excluding carboxylic acids is 3. The molecule has 1 fully saturated rings. The summed E-state index contributed by atoms with van der Waals surface area (Å²) in [5, 5.41) is 2.20. The van der Waals surface area contributed by atoms with Crippen LogP contribution in [0.1, 0.15) is 11.1 Å². The van der Waals surface area contributed by atoms with Crippen molar-refractivity contribution in [2.45, 2.75) is 6.92 Å². The number of hydrogen-bond acceptors (Lipinski definition) is 3. The second-order valence-corrected chi connectivity index (χ2v) is 6.26. The number of rotatable bonds is 2. The van der Waals surface area contributed by atoms with Crippen LogP contribution in [0.5, 0.6) is 0 Å². The van der Waals surface area contributed by atoms with Gasteiger partial charge in [0.05, 0.1) is 5.69 Å². The number of imide groups is 2. The van der Waals surface area contributed by atoms with E-state index >= 15 is 0 Å². The van der Waals surface area contributed by atoms with Crippen molar-refractivity contribution in [1.82, 2.24) is 5.32 Å². The molecule has 0 radical (unpaired) electrons. The number of carbonyl (C=O) groups is 3. The highest BCUT2D eigenvalue weighted by molar-refractivity contribution is 9.10. The van der Waals surface area contributed by atoms with E-state index in [0.717, 1.165) is 14.9 Å². The zero-order valence-electron chi connectivity index (χ0n) is 12.7. The zero-order chi connectivity index (χ0) is 17.3. The van der Waals surface area contributed by atoms with Crippen LogP contribution in [-0.2, 0) is 9.59 Å². The minimum Gasteiger partial charge on any atom is -0.273 e. The summed E-state index contributed by atoms with van der Waals surface area (Å²) >= 11 is 3.30. The molecule has 1 saturated heterocycles. The molecule has 1 N–H and O–H groups in total. The summed E-state index contributed by atoms with van der Waals surface area (Å²) < 4.78 is 0.724. The second kappa shape index (κ2) is 6.41. The topological polar surface area (TPSA) is 66.5 Å². The molecule has 2 aromatic rings. The van der Waals surface area contributed by atoms with Gasteiger partial charge in [-0.05, 0) is 36.8 Å². The lowest BCUT2D eigenvalue weighted by atomic mass is 10.1. The zero-order valence-corrected chi connectivity index (χ0v) is 14.3. The molecule has 24 heavy (non-hydrogen) atoms. The van der Waals surface area contributed by atoms with Crippen molar-refractivity contribution in [2.24, 2.45) is 0 Å². The summed E-state index contributed by atoms with van der Waals surface area (Å²) in [7, 11) is 0. The Bertz CT molecular complexity index is 872. The predicted octanol–water partition coefficient (Wildman–Crippen LogP) is 3.42. The first kappa shape index (κ1) is 16.1. The van der Waals surface area contributed by atoms with E-state index in [9.17, 15) is 14.4 Å². The van der Waals surface area contributed by atoms with Crippen molar-refractivity contribution in [3.05, 3.63) is 69.7 Å². The third kappa shape index (κ3) is 3.14. The summed E-state index contributed by atoms with van der Waals surface area (Å²) in [6, 6.07) is 13.4. The molecule has 1 aliphatic rings. The SMILES string of the molecule is Cc1ccc(/C=C2\C(=O)NC(=O)N(c3cccc(Br)c3)C2=O)cc1. The molecule has 5 nitrogen and oxygen atoms in total.